The number of fused-ring (bicyclic) bond motifs is 1. The lowest BCUT2D eigenvalue weighted by molar-refractivity contribution is -0.137. The zero-order valence-corrected chi connectivity index (χ0v) is 16.5. The van der Waals surface area contributed by atoms with Gasteiger partial charge in [0.1, 0.15) is 5.75 Å². The summed E-state index contributed by atoms with van der Waals surface area (Å²) in [5.41, 5.74) is 1.55. The second kappa shape index (κ2) is 8.14. The van der Waals surface area contributed by atoms with E-state index in [9.17, 15) is 18.0 Å². The molecule has 1 N–H and O–H groups in total. The summed E-state index contributed by atoms with van der Waals surface area (Å²) in [6.07, 6.45) is -2.83. The molecule has 0 radical (unpaired) electrons. The summed E-state index contributed by atoms with van der Waals surface area (Å²) in [7, 11) is 1.59. The Morgan fingerprint density at radius 2 is 1.81 bits per heavy atom. The first-order chi connectivity index (χ1) is 14.9. The van der Waals surface area contributed by atoms with E-state index in [1.54, 1.807) is 30.1 Å². The van der Waals surface area contributed by atoms with Crippen LogP contribution < -0.4 is 10.1 Å². The Morgan fingerprint density at radius 3 is 2.52 bits per heavy atom. The molecule has 4 aromatic rings. The number of rotatable bonds is 5. The summed E-state index contributed by atoms with van der Waals surface area (Å²) < 4.78 is 45.5. The molecule has 5 nitrogen and oxygen atoms in total. The van der Waals surface area contributed by atoms with E-state index >= 15 is 0 Å². The Balaban J connectivity index is 1.57. The number of alkyl halides is 3. The molecule has 0 saturated carbocycles. The van der Waals surface area contributed by atoms with Crippen LogP contribution in [0, 0.1) is 0 Å². The maximum atomic E-state index is 12.9. The van der Waals surface area contributed by atoms with Crippen molar-refractivity contribution in [2.45, 2.75) is 12.7 Å². The van der Waals surface area contributed by atoms with Crippen molar-refractivity contribution in [2.75, 3.05) is 7.11 Å². The van der Waals surface area contributed by atoms with Gasteiger partial charge in [0, 0.05) is 11.9 Å². The largest absolute Gasteiger partial charge is 0.497 e. The molecule has 0 fully saturated rings. The average molecular weight is 425 g/mol. The van der Waals surface area contributed by atoms with Crippen LogP contribution in [0.3, 0.4) is 0 Å². The van der Waals surface area contributed by atoms with Crippen molar-refractivity contribution < 1.29 is 22.7 Å². The van der Waals surface area contributed by atoms with Gasteiger partial charge in [0.05, 0.1) is 35.6 Å². The van der Waals surface area contributed by atoms with Gasteiger partial charge in [0.15, 0.2) is 0 Å². The van der Waals surface area contributed by atoms with Gasteiger partial charge in [-0.05, 0) is 54.1 Å². The van der Waals surface area contributed by atoms with E-state index in [0.29, 0.717) is 16.5 Å². The zero-order valence-electron chi connectivity index (χ0n) is 16.5. The third-order valence-electron chi connectivity index (χ3n) is 4.88. The van der Waals surface area contributed by atoms with Crippen LogP contribution in [0.25, 0.3) is 16.6 Å². The highest BCUT2D eigenvalue weighted by atomic mass is 19.4. The molecule has 0 aliphatic carbocycles. The zero-order chi connectivity index (χ0) is 22.0. The predicted octanol–water partition coefficient (Wildman–Crippen LogP) is 4.98. The summed E-state index contributed by atoms with van der Waals surface area (Å²) in [6, 6.07) is 17.5. The van der Waals surface area contributed by atoms with Crippen LogP contribution in [0.5, 0.6) is 5.75 Å². The van der Waals surface area contributed by atoms with E-state index in [-0.39, 0.29) is 6.54 Å². The van der Waals surface area contributed by atoms with Gasteiger partial charge in [-0.3, -0.25) is 4.79 Å². The SMILES string of the molecule is COc1ccc(-n2ncc3c(C(=O)NCc4cccc(C(F)(F)F)c4)cccc32)cc1. The summed E-state index contributed by atoms with van der Waals surface area (Å²) in [5, 5.41) is 7.72. The monoisotopic (exact) mass is 425 g/mol. The number of halogens is 3. The molecule has 0 spiro atoms. The number of hydrogen-bond acceptors (Lipinski definition) is 3. The fourth-order valence-corrected chi connectivity index (χ4v) is 3.31. The molecule has 0 aliphatic heterocycles. The molecule has 0 bridgehead atoms. The molecule has 4 rings (SSSR count). The van der Waals surface area contributed by atoms with Crippen molar-refractivity contribution in [3.8, 4) is 11.4 Å². The highest BCUT2D eigenvalue weighted by molar-refractivity contribution is 6.06. The van der Waals surface area contributed by atoms with Crippen molar-refractivity contribution in [1.82, 2.24) is 15.1 Å². The smallest absolute Gasteiger partial charge is 0.416 e. The quantitative estimate of drug-likeness (QED) is 0.491. The number of ether oxygens (including phenoxy) is 1. The maximum absolute atomic E-state index is 12.9. The molecule has 1 aromatic heterocycles. The number of benzene rings is 3. The molecular formula is C23H18F3N3O2. The summed E-state index contributed by atoms with van der Waals surface area (Å²) >= 11 is 0. The van der Waals surface area contributed by atoms with E-state index in [1.807, 2.05) is 30.3 Å². The minimum absolute atomic E-state index is 0.0221. The lowest BCUT2D eigenvalue weighted by atomic mass is 10.1. The minimum atomic E-state index is -4.43. The topological polar surface area (TPSA) is 56.2 Å². The minimum Gasteiger partial charge on any atom is -0.497 e. The number of amides is 1. The Labute approximate surface area is 176 Å². The van der Waals surface area contributed by atoms with Gasteiger partial charge in [-0.1, -0.05) is 18.2 Å². The van der Waals surface area contributed by atoms with Gasteiger partial charge in [0.25, 0.3) is 5.91 Å². The Morgan fingerprint density at radius 1 is 1.06 bits per heavy atom. The van der Waals surface area contributed by atoms with Crippen LogP contribution >= 0.6 is 0 Å². The van der Waals surface area contributed by atoms with Crippen LogP contribution in [0.15, 0.2) is 72.9 Å². The normalized spacial score (nSPS) is 11.5. The highest BCUT2D eigenvalue weighted by Gasteiger charge is 2.30. The van der Waals surface area contributed by atoms with Gasteiger partial charge in [-0.25, -0.2) is 4.68 Å². The molecule has 0 unspecified atom stereocenters. The summed E-state index contributed by atoms with van der Waals surface area (Å²) in [4.78, 5) is 12.8. The lowest BCUT2D eigenvalue weighted by Gasteiger charge is -2.10. The second-order valence-corrected chi connectivity index (χ2v) is 6.87. The highest BCUT2D eigenvalue weighted by Crippen LogP contribution is 2.29. The summed E-state index contributed by atoms with van der Waals surface area (Å²) in [6.45, 7) is -0.0221. The van der Waals surface area contributed by atoms with Crippen LogP contribution in [-0.4, -0.2) is 22.8 Å². The lowest BCUT2D eigenvalue weighted by Crippen LogP contribution is -2.23. The van der Waals surface area contributed by atoms with Gasteiger partial charge in [-0.2, -0.15) is 18.3 Å². The molecule has 0 saturated heterocycles. The van der Waals surface area contributed by atoms with E-state index in [1.165, 1.54) is 12.1 Å². The molecule has 1 amide bonds. The van der Waals surface area contributed by atoms with E-state index in [0.717, 1.165) is 29.1 Å². The maximum Gasteiger partial charge on any atom is 0.416 e. The van der Waals surface area contributed by atoms with Crippen molar-refractivity contribution in [3.63, 3.8) is 0 Å². The Hall–Kier alpha value is -3.81. The van der Waals surface area contributed by atoms with E-state index in [2.05, 4.69) is 10.4 Å². The van der Waals surface area contributed by atoms with Crippen molar-refractivity contribution >= 4 is 16.8 Å². The number of nitrogens with one attached hydrogen (secondary N) is 1. The third kappa shape index (κ3) is 4.23. The Kier molecular flexibility index (Phi) is 5.37. The van der Waals surface area contributed by atoms with Gasteiger partial charge in [-0.15, -0.1) is 0 Å². The molecule has 1 heterocycles. The fourth-order valence-electron chi connectivity index (χ4n) is 3.31. The molecule has 3 aromatic carbocycles. The van der Waals surface area contributed by atoms with E-state index in [4.69, 9.17) is 4.74 Å². The Bertz CT molecular complexity index is 1230. The number of nitrogens with zero attached hydrogens (tertiary/aromatic N) is 2. The fraction of sp³-hybridized carbons (Fsp3) is 0.130. The van der Waals surface area contributed by atoms with Gasteiger partial charge >= 0.3 is 6.18 Å². The number of aromatic nitrogens is 2. The standard InChI is InChI=1S/C23H18F3N3O2/c1-31-18-10-8-17(9-11-18)29-21-7-3-6-19(20(21)14-28-29)22(30)27-13-15-4-2-5-16(12-15)23(24,25)26/h2-12,14H,13H2,1H3,(H,27,30). The van der Waals surface area contributed by atoms with E-state index < -0.39 is 17.6 Å². The second-order valence-electron chi connectivity index (χ2n) is 6.87. The average Bonchev–Trinajstić information content (AvgIpc) is 3.21. The molecular weight excluding hydrogens is 407 g/mol. The predicted molar refractivity (Wildman–Crippen MR) is 110 cm³/mol. The number of methoxy groups -OCH3 is 1. The molecule has 31 heavy (non-hydrogen) atoms. The van der Waals surface area contributed by atoms with Gasteiger partial charge < -0.3 is 10.1 Å². The summed E-state index contributed by atoms with van der Waals surface area (Å²) in [5.74, 6) is 0.326. The first-order valence-electron chi connectivity index (χ1n) is 9.42. The first-order valence-corrected chi connectivity index (χ1v) is 9.42. The van der Waals surface area contributed by atoms with Crippen LogP contribution in [0.1, 0.15) is 21.5 Å². The molecule has 0 atom stereocenters. The molecule has 0 aliphatic rings. The number of carbonyl (C=O) groups is 1. The van der Waals surface area contributed by atoms with Crippen molar-refractivity contribution in [2.24, 2.45) is 0 Å². The third-order valence-corrected chi connectivity index (χ3v) is 4.88. The number of carbonyl (C=O) groups excluding carboxylic acids is 1. The molecule has 8 heteroatoms. The van der Waals surface area contributed by atoms with Crippen LogP contribution in [-0.2, 0) is 12.7 Å². The van der Waals surface area contributed by atoms with Crippen molar-refractivity contribution in [1.29, 1.82) is 0 Å². The van der Waals surface area contributed by atoms with Crippen LogP contribution in [0.2, 0.25) is 0 Å². The molecule has 158 valence electrons. The van der Waals surface area contributed by atoms with Crippen LogP contribution in [0.4, 0.5) is 13.2 Å². The van der Waals surface area contributed by atoms with Crippen molar-refractivity contribution in [3.05, 3.63) is 89.6 Å². The number of hydrogen-bond donors (Lipinski definition) is 1. The van der Waals surface area contributed by atoms with Gasteiger partial charge in [0.2, 0.25) is 0 Å². The first kappa shape index (κ1) is 20.5.